The van der Waals surface area contributed by atoms with Gasteiger partial charge in [-0.1, -0.05) is 0 Å². The number of aromatic nitrogens is 1. The molecule has 2 atom stereocenters. The van der Waals surface area contributed by atoms with Crippen molar-refractivity contribution in [3.63, 3.8) is 0 Å². The van der Waals surface area contributed by atoms with Gasteiger partial charge in [-0.15, -0.1) is 11.3 Å². The van der Waals surface area contributed by atoms with Crippen LogP contribution in [0.15, 0.2) is 41.9 Å². The Balaban J connectivity index is 1.45. The van der Waals surface area contributed by atoms with E-state index in [1.807, 2.05) is 19.1 Å². The molecule has 0 saturated carbocycles. The van der Waals surface area contributed by atoms with Crippen molar-refractivity contribution in [2.75, 3.05) is 31.7 Å². The minimum absolute atomic E-state index is 0.135. The van der Waals surface area contributed by atoms with Crippen LogP contribution < -0.4 is 20.1 Å². The lowest BCUT2D eigenvalue weighted by molar-refractivity contribution is -0.117. The molecule has 3 aromatic rings. The average Bonchev–Trinajstić information content (AvgIpc) is 3.41. The number of thiazole rings is 1. The van der Waals surface area contributed by atoms with Crippen molar-refractivity contribution in [3.8, 4) is 17.2 Å². The zero-order valence-electron chi connectivity index (χ0n) is 21.5. The summed E-state index contributed by atoms with van der Waals surface area (Å²) in [7, 11) is 0. The highest BCUT2D eigenvalue weighted by Gasteiger charge is 2.35. The van der Waals surface area contributed by atoms with Crippen molar-refractivity contribution in [3.05, 3.63) is 64.4 Å². The topological polar surface area (TPSA) is 119 Å². The van der Waals surface area contributed by atoms with Gasteiger partial charge in [0.05, 0.1) is 18.8 Å². The van der Waals surface area contributed by atoms with Crippen molar-refractivity contribution in [1.82, 2.24) is 10.3 Å². The lowest BCUT2D eigenvalue weighted by atomic mass is 9.81. The molecular formula is C28H30FN3O6S. The van der Waals surface area contributed by atoms with Gasteiger partial charge in [-0.2, -0.15) is 0 Å². The second kappa shape index (κ2) is 11.7. The molecule has 1 unspecified atom stereocenters. The number of benzene rings is 2. The van der Waals surface area contributed by atoms with E-state index in [0.717, 1.165) is 43.1 Å². The molecule has 2 aromatic carbocycles. The molecule has 3 N–H and O–H groups in total. The second-order valence-corrected chi connectivity index (χ2v) is 10.9. The number of fused-ring (bicyclic) bond motifs is 1. The fraction of sp³-hybridized carbons (Fsp3) is 0.393. The average molecular weight is 556 g/mol. The molecule has 39 heavy (non-hydrogen) atoms. The second-order valence-electron chi connectivity index (χ2n) is 9.97. The first-order chi connectivity index (χ1) is 18.8. The maximum atomic E-state index is 14.4. The quantitative estimate of drug-likeness (QED) is 0.339. The first-order valence-corrected chi connectivity index (χ1v) is 13.7. The Morgan fingerprint density at radius 3 is 2.90 bits per heavy atom. The van der Waals surface area contributed by atoms with Gasteiger partial charge >= 0.3 is 5.97 Å². The minimum atomic E-state index is -1.36. The summed E-state index contributed by atoms with van der Waals surface area (Å²) in [5, 5.41) is 17.8. The number of hydrogen-bond donors (Lipinski definition) is 3. The largest absolute Gasteiger partial charge is 0.489 e. The van der Waals surface area contributed by atoms with E-state index >= 15 is 0 Å². The van der Waals surface area contributed by atoms with Crippen molar-refractivity contribution in [2.24, 2.45) is 5.92 Å². The van der Waals surface area contributed by atoms with E-state index in [9.17, 15) is 19.1 Å². The summed E-state index contributed by atoms with van der Waals surface area (Å²) in [6.45, 7) is 4.44. The fourth-order valence-corrected chi connectivity index (χ4v) is 5.56. The van der Waals surface area contributed by atoms with E-state index < -0.39 is 22.9 Å². The molecular weight excluding hydrogens is 525 g/mol. The predicted molar refractivity (Wildman–Crippen MR) is 143 cm³/mol. The van der Waals surface area contributed by atoms with Gasteiger partial charge in [0.15, 0.2) is 16.6 Å². The number of nitrogens with zero attached hydrogens (tertiary/aromatic N) is 1. The number of carboxylic acids is 1. The lowest BCUT2D eigenvalue weighted by Gasteiger charge is -2.37. The zero-order chi connectivity index (χ0) is 27.4. The van der Waals surface area contributed by atoms with Gasteiger partial charge in [0, 0.05) is 48.7 Å². The Morgan fingerprint density at radius 2 is 2.18 bits per heavy atom. The van der Waals surface area contributed by atoms with Gasteiger partial charge in [0.1, 0.15) is 11.6 Å². The Morgan fingerprint density at radius 1 is 1.31 bits per heavy atom. The number of aromatic carboxylic acids is 1. The summed E-state index contributed by atoms with van der Waals surface area (Å²) in [4.78, 5) is 28.3. The van der Waals surface area contributed by atoms with E-state index in [-0.39, 0.29) is 24.0 Å². The zero-order valence-corrected chi connectivity index (χ0v) is 22.3. The van der Waals surface area contributed by atoms with Crippen LogP contribution in [0.1, 0.15) is 47.7 Å². The number of carbonyl (C=O) groups is 2. The van der Waals surface area contributed by atoms with Crippen molar-refractivity contribution < 1.29 is 33.3 Å². The van der Waals surface area contributed by atoms with E-state index in [1.54, 1.807) is 11.6 Å². The summed E-state index contributed by atoms with van der Waals surface area (Å²) >= 11 is 1.35. The third-order valence-electron chi connectivity index (χ3n) is 6.99. The van der Waals surface area contributed by atoms with Crippen LogP contribution in [-0.4, -0.2) is 48.3 Å². The standard InChI is InChI=1S/C28H30FN3O6S/c1-28(14-25(33)32-27-30-8-10-39-27)21-13-24(38-19-4-5-20(26(34)35)22(29)12-19)23(11-18(21)6-7-31-28)37-16-17-3-2-9-36-15-17/h4-5,8,10-13,17,31H,2-3,6-7,9,14-16H2,1H3,(H,34,35)(H,30,32,33)/t17?,28-/m1/s1. The van der Waals surface area contributed by atoms with E-state index in [1.165, 1.54) is 23.5 Å². The van der Waals surface area contributed by atoms with E-state index in [4.69, 9.17) is 14.2 Å². The van der Waals surface area contributed by atoms with Crippen LogP contribution in [0.25, 0.3) is 0 Å². The van der Waals surface area contributed by atoms with Crippen LogP contribution in [0.5, 0.6) is 17.2 Å². The van der Waals surface area contributed by atoms with Crippen LogP contribution in [0.4, 0.5) is 9.52 Å². The maximum absolute atomic E-state index is 14.4. The van der Waals surface area contributed by atoms with Crippen LogP contribution in [-0.2, 0) is 21.5 Å². The Kier molecular flexibility index (Phi) is 8.10. The number of carbonyl (C=O) groups excluding carboxylic acids is 1. The van der Waals surface area contributed by atoms with Gasteiger partial charge in [-0.25, -0.2) is 14.2 Å². The summed E-state index contributed by atoms with van der Waals surface area (Å²) in [5.41, 5.74) is 0.743. The number of halogens is 1. The van der Waals surface area contributed by atoms with Gasteiger partial charge in [0.2, 0.25) is 5.91 Å². The van der Waals surface area contributed by atoms with E-state index in [2.05, 4.69) is 15.6 Å². The fourth-order valence-electron chi connectivity index (χ4n) is 5.02. The lowest BCUT2D eigenvalue weighted by Crippen LogP contribution is -2.47. The van der Waals surface area contributed by atoms with Crippen LogP contribution in [0, 0.1) is 11.7 Å². The Labute approximate surface area is 229 Å². The number of ether oxygens (including phenoxy) is 3. The highest BCUT2D eigenvalue weighted by atomic mass is 32.1. The molecule has 0 aliphatic carbocycles. The molecule has 1 amide bonds. The third-order valence-corrected chi connectivity index (χ3v) is 7.68. The van der Waals surface area contributed by atoms with Crippen LogP contribution >= 0.6 is 11.3 Å². The Bertz CT molecular complexity index is 1350. The Hall–Kier alpha value is -3.54. The van der Waals surface area contributed by atoms with Crippen molar-refractivity contribution in [2.45, 2.75) is 38.1 Å². The summed E-state index contributed by atoms with van der Waals surface area (Å²) in [5.74, 6) is -1.21. The molecule has 2 aliphatic rings. The molecule has 1 aromatic heterocycles. The SMILES string of the molecule is C[C@]1(CC(=O)Nc2nccs2)NCCc2cc(OCC3CCCOC3)c(Oc3ccc(C(=O)O)c(F)c3)cc21. The molecule has 0 spiro atoms. The molecule has 3 heterocycles. The summed E-state index contributed by atoms with van der Waals surface area (Å²) in [6, 6.07) is 7.37. The highest BCUT2D eigenvalue weighted by Crippen LogP contribution is 2.41. The van der Waals surface area contributed by atoms with Crippen LogP contribution in [0.3, 0.4) is 0 Å². The summed E-state index contributed by atoms with van der Waals surface area (Å²) in [6.07, 6.45) is 4.49. The van der Waals surface area contributed by atoms with Gasteiger partial charge < -0.3 is 30.0 Å². The van der Waals surface area contributed by atoms with Crippen molar-refractivity contribution in [1.29, 1.82) is 0 Å². The first-order valence-electron chi connectivity index (χ1n) is 12.8. The number of hydrogen-bond acceptors (Lipinski definition) is 8. The number of nitrogens with one attached hydrogen (secondary N) is 2. The van der Waals surface area contributed by atoms with Gasteiger partial charge in [-0.3, -0.25) is 4.79 Å². The smallest absolute Gasteiger partial charge is 0.338 e. The monoisotopic (exact) mass is 555 g/mol. The number of carboxylic acid groups (broad SMARTS) is 1. The minimum Gasteiger partial charge on any atom is -0.489 e. The molecule has 0 bridgehead atoms. The molecule has 0 radical (unpaired) electrons. The molecule has 206 valence electrons. The number of anilines is 1. The number of rotatable bonds is 9. The molecule has 5 rings (SSSR count). The molecule has 1 fully saturated rings. The molecule has 2 aliphatic heterocycles. The van der Waals surface area contributed by atoms with Gasteiger partial charge in [-0.05, 0) is 61.6 Å². The number of amides is 1. The van der Waals surface area contributed by atoms with Crippen molar-refractivity contribution >= 4 is 28.3 Å². The molecule has 9 nitrogen and oxygen atoms in total. The molecule has 11 heteroatoms. The highest BCUT2D eigenvalue weighted by molar-refractivity contribution is 7.13. The van der Waals surface area contributed by atoms with Crippen LogP contribution in [0.2, 0.25) is 0 Å². The first kappa shape index (κ1) is 27.0. The maximum Gasteiger partial charge on any atom is 0.338 e. The summed E-state index contributed by atoms with van der Waals surface area (Å²) < 4.78 is 32.3. The van der Waals surface area contributed by atoms with E-state index in [0.29, 0.717) is 36.4 Å². The third kappa shape index (κ3) is 6.38. The predicted octanol–water partition coefficient (Wildman–Crippen LogP) is 4.97. The normalized spacial score (nSPS) is 20.6. The van der Waals surface area contributed by atoms with Gasteiger partial charge in [0.25, 0.3) is 0 Å². The molecule has 1 saturated heterocycles.